The van der Waals surface area contributed by atoms with Crippen molar-refractivity contribution in [1.82, 2.24) is 15.3 Å². The lowest BCUT2D eigenvalue weighted by atomic mass is 10.3. The highest BCUT2D eigenvalue weighted by Gasteiger charge is 2.03. The Kier molecular flexibility index (Phi) is 4.97. The summed E-state index contributed by atoms with van der Waals surface area (Å²) in [6.07, 6.45) is 4.07. The molecule has 1 aromatic heterocycles. The Labute approximate surface area is 87.8 Å². The van der Waals surface area contributed by atoms with E-state index in [-0.39, 0.29) is 6.04 Å². The van der Waals surface area contributed by atoms with Crippen LogP contribution in [0, 0.1) is 11.3 Å². The van der Waals surface area contributed by atoms with Crippen molar-refractivity contribution in [3.05, 3.63) is 18.6 Å². The van der Waals surface area contributed by atoms with Gasteiger partial charge in [-0.15, -0.1) is 11.8 Å². The molecular formula is C9H12N4S. The van der Waals surface area contributed by atoms with Gasteiger partial charge in [0, 0.05) is 11.9 Å². The Balaban J connectivity index is 2.26. The molecule has 4 nitrogen and oxygen atoms in total. The average molecular weight is 208 g/mol. The molecule has 0 bridgehead atoms. The van der Waals surface area contributed by atoms with Crippen molar-refractivity contribution >= 4 is 11.8 Å². The molecule has 1 unspecified atom stereocenters. The lowest BCUT2D eigenvalue weighted by Gasteiger charge is -2.05. The second kappa shape index (κ2) is 6.35. The summed E-state index contributed by atoms with van der Waals surface area (Å²) >= 11 is 1.64. The highest BCUT2D eigenvalue weighted by Crippen LogP contribution is 2.14. The number of nitrogens with zero attached hydrogens (tertiary/aromatic N) is 3. The largest absolute Gasteiger partial charge is 0.305 e. The highest BCUT2D eigenvalue weighted by molar-refractivity contribution is 7.99. The van der Waals surface area contributed by atoms with E-state index in [1.54, 1.807) is 25.0 Å². The van der Waals surface area contributed by atoms with Crippen molar-refractivity contribution in [1.29, 1.82) is 5.26 Å². The summed E-state index contributed by atoms with van der Waals surface area (Å²) in [6.45, 7) is 0. The number of rotatable bonds is 5. The number of nitrogens with one attached hydrogen (secondary N) is 1. The van der Waals surface area contributed by atoms with Crippen LogP contribution in [0.3, 0.4) is 0 Å². The van der Waals surface area contributed by atoms with E-state index < -0.39 is 0 Å². The zero-order valence-electron chi connectivity index (χ0n) is 7.97. The molecule has 0 saturated heterocycles. The van der Waals surface area contributed by atoms with Crippen LogP contribution in [-0.2, 0) is 0 Å². The molecule has 0 saturated carbocycles. The van der Waals surface area contributed by atoms with Gasteiger partial charge in [-0.25, -0.2) is 9.97 Å². The van der Waals surface area contributed by atoms with E-state index in [1.807, 2.05) is 6.07 Å². The highest BCUT2D eigenvalue weighted by atomic mass is 32.2. The Morgan fingerprint density at radius 2 is 2.57 bits per heavy atom. The summed E-state index contributed by atoms with van der Waals surface area (Å²) in [5, 5.41) is 12.6. The van der Waals surface area contributed by atoms with Gasteiger partial charge in [-0.05, 0) is 19.5 Å². The molecule has 5 heteroatoms. The molecule has 0 amide bonds. The van der Waals surface area contributed by atoms with Crippen molar-refractivity contribution in [3.63, 3.8) is 0 Å². The summed E-state index contributed by atoms with van der Waals surface area (Å²) in [5.41, 5.74) is 0. The first-order chi connectivity index (χ1) is 6.86. The van der Waals surface area contributed by atoms with Crippen LogP contribution < -0.4 is 5.32 Å². The topological polar surface area (TPSA) is 61.6 Å². The second-order valence-electron chi connectivity index (χ2n) is 2.66. The maximum atomic E-state index is 8.68. The van der Waals surface area contributed by atoms with Crippen molar-refractivity contribution in [2.75, 3.05) is 12.8 Å². The third-order valence-corrected chi connectivity index (χ3v) is 2.69. The Bertz CT molecular complexity index is 295. The van der Waals surface area contributed by atoms with E-state index >= 15 is 0 Å². The van der Waals surface area contributed by atoms with Crippen LogP contribution >= 0.6 is 11.8 Å². The number of aromatic nitrogens is 2. The normalized spacial score (nSPS) is 12.0. The van der Waals surface area contributed by atoms with Gasteiger partial charge in [-0.2, -0.15) is 5.26 Å². The summed E-state index contributed by atoms with van der Waals surface area (Å²) in [6, 6.07) is 3.98. The molecule has 0 aliphatic heterocycles. The minimum atomic E-state index is -0.0654. The van der Waals surface area contributed by atoms with E-state index in [4.69, 9.17) is 5.26 Å². The van der Waals surface area contributed by atoms with Gasteiger partial charge < -0.3 is 5.32 Å². The molecule has 1 N–H and O–H groups in total. The zero-order valence-corrected chi connectivity index (χ0v) is 8.79. The number of nitriles is 1. The van der Waals surface area contributed by atoms with E-state index in [2.05, 4.69) is 21.4 Å². The maximum absolute atomic E-state index is 8.68. The molecule has 0 fully saturated rings. The van der Waals surface area contributed by atoms with Gasteiger partial charge in [-0.1, -0.05) is 0 Å². The molecule has 14 heavy (non-hydrogen) atoms. The summed E-state index contributed by atoms with van der Waals surface area (Å²) in [4.78, 5) is 7.91. The fraction of sp³-hybridized carbons (Fsp3) is 0.444. The number of thioether (sulfide) groups is 1. The van der Waals surface area contributed by atoms with E-state index in [0.29, 0.717) is 0 Å². The van der Waals surface area contributed by atoms with Crippen molar-refractivity contribution < 1.29 is 0 Å². The van der Waals surface area contributed by atoms with Gasteiger partial charge in [0.25, 0.3) is 0 Å². The molecule has 1 heterocycles. The van der Waals surface area contributed by atoms with Gasteiger partial charge in [0.15, 0.2) is 0 Å². The zero-order chi connectivity index (χ0) is 10.2. The molecule has 1 atom stereocenters. The van der Waals surface area contributed by atoms with Crippen molar-refractivity contribution in [2.45, 2.75) is 17.5 Å². The molecular weight excluding hydrogens is 196 g/mol. The molecule has 0 spiro atoms. The minimum Gasteiger partial charge on any atom is -0.305 e. The lowest BCUT2D eigenvalue weighted by molar-refractivity contribution is 0.663. The predicted octanol–water partition coefficient (Wildman–Crippen LogP) is 1.07. The maximum Gasteiger partial charge on any atom is 0.116 e. The summed E-state index contributed by atoms with van der Waals surface area (Å²) < 4.78 is 0. The molecule has 0 aliphatic carbocycles. The van der Waals surface area contributed by atoms with Gasteiger partial charge >= 0.3 is 0 Å². The third kappa shape index (κ3) is 3.73. The van der Waals surface area contributed by atoms with Gasteiger partial charge in [0.1, 0.15) is 6.33 Å². The van der Waals surface area contributed by atoms with Crippen LogP contribution in [0.2, 0.25) is 0 Å². The Hall–Kier alpha value is -1.12. The average Bonchev–Trinajstić information content (AvgIpc) is 2.26. The Morgan fingerprint density at radius 1 is 1.71 bits per heavy atom. The molecule has 0 aliphatic rings. The van der Waals surface area contributed by atoms with Gasteiger partial charge in [-0.3, -0.25) is 0 Å². The van der Waals surface area contributed by atoms with E-state index in [1.165, 1.54) is 6.33 Å². The van der Waals surface area contributed by atoms with Crippen LogP contribution in [0.4, 0.5) is 0 Å². The fourth-order valence-corrected chi connectivity index (χ4v) is 1.76. The second-order valence-corrected chi connectivity index (χ2v) is 3.77. The lowest BCUT2D eigenvalue weighted by Crippen LogP contribution is -2.23. The third-order valence-electron chi connectivity index (χ3n) is 1.72. The van der Waals surface area contributed by atoms with Crippen LogP contribution in [0.1, 0.15) is 6.42 Å². The first kappa shape index (κ1) is 11.0. The van der Waals surface area contributed by atoms with Crippen molar-refractivity contribution in [2.24, 2.45) is 0 Å². The smallest absolute Gasteiger partial charge is 0.116 e. The monoisotopic (exact) mass is 208 g/mol. The minimum absolute atomic E-state index is 0.0654. The van der Waals surface area contributed by atoms with Crippen LogP contribution in [-0.4, -0.2) is 28.8 Å². The van der Waals surface area contributed by atoms with Crippen LogP contribution in [0.25, 0.3) is 0 Å². The van der Waals surface area contributed by atoms with Crippen LogP contribution in [0.5, 0.6) is 0 Å². The first-order valence-electron chi connectivity index (χ1n) is 4.32. The molecule has 1 rings (SSSR count). The van der Waals surface area contributed by atoms with E-state index in [9.17, 15) is 0 Å². The quantitative estimate of drug-likeness (QED) is 0.579. The molecule has 74 valence electrons. The fourth-order valence-electron chi connectivity index (χ4n) is 0.919. The number of hydrogen-bond acceptors (Lipinski definition) is 5. The molecule has 1 aromatic rings. The summed E-state index contributed by atoms with van der Waals surface area (Å²) in [5.74, 6) is 0.885. The summed E-state index contributed by atoms with van der Waals surface area (Å²) in [7, 11) is 1.79. The SMILES string of the molecule is CNC(C#N)CCSc1ccncn1. The molecule has 0 aromatic carbocycles. The number of hydrogen-bond donors (Lipinski definition) is 1. The van der Waals surface area contributed by atoms with Crippen LogP contribution in [0.15, 0.2) is 23.6 Å². The first-order valence-corrected chi connectivity index (χ1v) is 5.31. The van der Waals surface area contributed by atoms with Crippen molar-refractivity contribution in [3.8, 4) is 6.07 Å². The predicted molar refractivity (Wildman–Crippen MR) is 55.8 cm³/mol. The van der Waals surface area contributed by atoms with Gasteiger partial charge in [0.2, 0.25) is 0 Å². The Morgan fingerprint density at radius 3 is 3.14 bits per heavy atom. The van der Waals surface area contributed by atoms with Gasteiger partial charge in [0.05, 0.1) is 17.1 Å². The van der Waals surface area contributed by atoms with E-state index in [0.717, 1.165) is 17.2 Å². The standard InChI is InChI=1S/C9H12N4S/c1-11-8(6-10)3-5-14-9-2-4-12-7-13-9/h2,4,7-8,11H,3,5H2,1H3. The molecule has 0 radical (unpaired) electrons.